The van der Waals surface area contributed by atoms with E-state index in [0.717, 1.165) is 22.8 Å². The van der Waals surface area contributed by atoms with Crippen molar-refractivity contribution in [2.75, 3.05) is 0 Å². The lowest BCUT2D eigenvalue weighted by atomic mass is 10.3. The summed E-state index contributed by atoms with van der Waals surface area (Å²) >= 11 is 1.50. The van der Waals surface area contributed by atoms with Crippen molar-refractivity contribution < 1.29 is 9.53 Å². The van der Waals surface area contributed by atoms with E-state index in [9.17, 15) is 4.79 Å². The van der Waals surface area contributed by atoms with Crippen LogP contribution >= 0.6 is 11.3 Å². The molecule has 18 heavy (non-hydrogen) atoms. The van der Waals surface area contributed by atoms with Crippen molar-refractivity contribution in [1.29, 1.82) is 0 Å². The van der Waals surface area contributed by atoms with E-state index in [1.165, 1.54) is 11.3 Å². The minimum atomic E-state index is -0.176. The van der Waals surface area contributed by atoms with Gasteiger partial charge in [0.15, 0.2) is 0 Å². The van der Waals surface area contributed by atoms with Gasteiger partial charge < -0.3 is 4.74 Å². The quantitative estimate of drug-likeness (QED) is 0.777. The molecular weight excluding hydrogens is 248 g/mol. The second-order valence-electron chi connectivity index (χ2n) is 3.77. The molecule has 2 rings (SSSR count). The Bertz CT molecular complexity index is 511. The first-order chi connectivity index (χ1) is 8.79. The van der Waals surface area contributed by atoms with Gasteiger partial charge in [-0.2, -0.15) is 0 Å². The van der Waals surface area contributed by atoms with Gasteiger partial charge in [0.2, 0.25) is 0 Å². The molecule has 2 aromatic rings. The number of carbonyl (C=O) groups is 1. The summed E-state index contributed by atoms with van der Waals surface area (Å²) in [7, 11) is 0. The maximum Gasteiger partial charge on any atom is 0.306 e. The predicted octanol–water partition coefficient (Wildman–Crippen LogP) is 3.05. The summed E-state index contributed by atoms with van der Waals surface area (Å²) in [4.78, 5) is 19.9. The summed E-state index contributed by atoms with van der Waals surface area (Å²) in [6, 6.07) is 5.70. The van der Waals surface area contributed by atoms with Crippen LogP contribution in [0, 0.1) is 0 Å². The van der Waals surface area contributed by atoms with E-state index in [2.05, 4.69) is 9.97 Å². The molecule has 2 aromatic heterocycles. The van der Waals surface area contributed by atoms with Gasteiger partial charge >= 0.3 is 5.97 Å². The summed E-state index contributed by atoms with van der Waals surface area (Å²) in [5, 5.41) is 2.74. The monoisotopic (exact) mass is 262 g/mol. The Morgan fingerprint density at radius 2 is 2.33 bits per heavy atom. The third-order valence-electron chi connectivity index (χ3n) is 2.27. The first-order valence-electron chi connectivity index (χ1n) is 5.81. The second-order valence-corrected chi connectivity index (χ2v) is 4.63. The molecule has 5 heteroatoms. The normalized spacial score (nSPS) is 10.3. The van der Waals surface area contributed by atoms with Crippen molar-refractivity contribution >= 4 is 17.3 Å². The fraction of sp³-hybridized carbons (Fsp3) is 0.308. The van der Waals surface area contributed by atoms with E-state index in [0.29, 0.717) is 6.42 Å². The number of esters is 1. The molecule has 0 saturated heterocycles. The highest BCUT2D eigenvalue weighted by molar-refractivity contribution is 7.13. The molecule has 0 aliphatic carbocycles. The highest BCUT2D eigenvalue weighted by Gasteiger charge is 2.07. The van der Waals surface area contributed by atoms with E-state index in [-0.39, 0.29) is 12.6 Å². The Morgan fingerprint density at radius 1 is 1.44 bits per heavy atom. The van der Waals surface area contributed by atoms with E-state index < -0.39 is 0 Å². The lowest BCUT2D eigenvalue weighted by Gasteiger charge is -2.00. The lowest BCUT2D eigenvalue weighted by Crippen LogP contribution is -2.03. The molecule has 0 N–H and O–H groups in total. The molecule has 0 amide bonds. The Hall–Kier alpha value is -1.75. The lowest BCUT2D eigenvalue weighted by molar-refractivity contribution is -0.145. The van der Waals surface area contributed by atoms with Crippen molar-refractivity contribution in [3.05, 3.63) is 35.5 Å². The molecule has 0 spiro atoms. The van der Waals surface area contributed by atoms with Crippen LogP contribution in [0.5, 0.6) is 0 Å². The van der Waals surface area contributed by atoms with Gasteiger partial charge in [-0.15, -0.1) is 11.3 Å². The number of ether oxygens (including phenoxy) is 1. The molecule has 0 atom stereocenters. The zero-order chi connectivity index (χ0) is 12.8. The third-order valence-corrected chi connectivity index (χ3v) is 3.18. The van der Waals surface area contributed by atoms with E-state index in [4.69, 9.17) is 4.74 Å². The molecular formula is C13H14N2O2S. The van der Waals surface area contributed by atoms with Crippen LogP contribution in [-0.4, -0.2) is 15.9 Å². The van der Waals surface area contributed by atoms with Crippen LogP contribution in [0.1, 0.15) is 25.5 Å². The zero-order valence-electron chi connectivity index (χ0n) is 10.1. The number of aromatic nitrogens is 2. The van der Waals surface area contributed by atoms with Gasteiger partial charge in [-0.25, -0.2) is 4.98 Å². The Labute approximate surface area is 110 Å². The minimum Gasteiger partial charge on any atom is -0.459 e. The molecule has 0 saturated carbocycles. The molecule has 94 valence electrons. The van der Waals surface area contributed by atoms with Crippen LogP contribution < -0.4 is 0 Å². The molecule has 0 unspecified atom stereocenters. The number of pyridine rings is 1. The number of rotatable bonds is 5. The standard InChI is InChI=1S/C13H14N2O2S/c1-2-5-12(16)17-8-10-9-18-13(15-10)11-6-3-4-7-14-11/h3-4,6-7,9H,2,5,8H2,1H3. The highest BCUT2D eigenvalue weighted by Crippen LogP contribution is 2.21. The van der Waals surface area contributed by atoms with Gasteiger partial charge in [0.1, 0.15) is 11.6 Å². The molecule has 0 bridgehead atoms. The molecule has 0 aliphatic rings. The maximum absolute atomic E-state index is 11.2. The summed E-state index contributed by atoms with van der Waals surface area (Å²) in [6.07, 6.45) is 2.99. The first-order valence-corrected chi connectivity index (χ1v) is 6.69. The van der Waals surface area contributed by atoms with Crippen molar-refractivity contribution in [2.24, 2.45) is 0 Å². The third kappa shape index (κ3) is 3.37. The Balaban J connectivity index is 1.97. The van der Waals surface area contributed by atoms with Gasteiger partial charge in [-0.3, -0.25) is 9.78 Å². The SMILES string of the molecule is CCCC(=O)OCc1csc(-c2ccccn2)n1. The Morgan fingerprint density at radius 3 is 3.06 bits per heavy atom. The van der Waals surface area contributed by atoms with Crippen LogP contribution in [0.15, 0.2) is 29.8 Å². The minimum absolute atomic E-state index is 0.176. The van der Waals surface area contributed by atoms with Crippen molar-refractivity contribution in [2.45, 2.75) is 26.4 Å². The number of thiazole rings is 1. The maximum atomic E-state index is 11.2. The smallest absolute Gasteiger partial charge is 0.306 e. The van der Waals surface area contributed by atoms with Gasteiger partial charge in [-0.1, -0.05) is 13.0 Å². The molecule has 0 radical (unpaired) electrons. The van der Waals surface area contributed by atoms with Crippen LogP contribution in [0.2, 0.25) is 0 Å². The number of hydrogen-bond donors (Lipinski definition) is 0. The van der Waals surface area contributed by atoms with Gasteiger partial charge in [0.25, 0.3) is 0 Å². The van der Waals surface area contributed by atoms with Crippen LogP contribution in [-0.2, 0) is 16.1 Å². The summed E-state index contributed by atoms with van der Waals surface area (Å²) in [5.74, 6) is -0.176. The average Bonchev–Trinajstić information content (AvgIpc) is 2.87. The van der Waals surface area contributed by atoms with Crippen molar-refractivity contribution in [1.82, 2.24) is 9.97 Å². The first kappa shape index (κ1) is 12.7. The van der Waals surface area contributed by atoms with Crippen LogP contribution in [0.25, 0.3) is 10.7 Å². The summed E-state index contributed by atoms with van der Waals surface area (Å²) in [5.41, 5.74) is 1.61. The van der Waals surface area contributed by atoms with Gasteiger partial charge in [0.05, 0.1) is 11.4 Å². The second kappa shape index (κ2) is 6.26. The highest BCUT2D eigenvalue weighted by atomic mass is 32.1. The van der Waals surface area contributed by atoms with Crippen molar-refractivity contribution in [3.8, 4) is 10.7 Å². The van der Waals surface area contributed by atoms with Crippen molar-refractivity contribution in [3.63, 3.8) is 0 Å². The zero-order valence-corrected chi connectivity index (χ0v) is 10.9. The van der Waals surface area contributed by atoms with E-state index >= 15 is 0 Å². The molecule has 0 aromatic carbocycles. The molecule has 2 heterocycles. The topological polar surface area (TPSA) is 52.1 Å². The fourth-order valence-electron chi connectivity index (χ4n) is 1.41. The fourth-order valence-corrected chi connectivity index (χ4v) is 2.19. The molecule has 0 aliphatic heterocycles. The average molecular weight is 262 g/mol. The molecule has 0 fully saturated rings. The van der Waals surface area contributed by atoms with E-state index in [1.54, 1.807) is 6.20 Å². The number of nitrogens with zero attached hydrogens (tertiary/aromatic N) is 2. The van der Waals surface area contributed by atoms with Crippen LogP contribution in [0.3, 0.4) is 0 Å². The number of hydrogen-bond acceptors (Lipinski definition) is 5. The largest absolute Gasteiger partial charge is 0.459 e. The summed E-state index contributed by atoms with van der Waals surface area (Å²) < 4.78 is 5.10. The Kier molecular flexibility index (Phi) is 4.41. The van der Waals surface area contributed by atoms with Gasteiger partial charge in [-0.05, 0) is 18.6 Å². The van der Waals surface area contributed by atoms with E-state index in [1.807, 2.05) is 30.5 Å². The van der Waals surface area contributed by atoms with Crippen LogP contribution in [0.4, 0.5) is 0 Å². The summed E-state index contributed by atoms with van der Waals surface area (Å²) in [6.45, 7) is 2.19. The van der Waals surface area contributed by atoms with Gasteiger partial charge in [0, 0.05) is 18.0 Å². The predicted molar refractivity (Wildman–Crippen MR) is 70.0 cm³/mol. The molecule has 4 nitrogen and oxygen atoms in total. The number of carbonyl (C=O) groups excluding carboxylic acids is 1.